The van der Waals surface area contributed by atoms with Crippen LogP contribution in [0, 0.1) is 0 Å². The van der Waals surface area contributed by atoms with Gasteiger partial charge >= 0.3 is 0 Å². The number of hydrogen-bond donors (Lipinski definition) is 0. The van der Waals surface area contributed by atoms with Gasteiger partial charge in [0.25, 0.3) is 0 Å². The number of aromatic nitrogens is 2. The molecule has 3 heterocycles. The van der Waals surface area contributed by atoms with Crippen LogP contribution in [0.5, 0.6) is 11.5 Å². The summed E-state index contributed by atoms with van der Waals surface area (Å²) >= 11 is 0. The molecule has 2 aliphatic rings. The molecule has 1 aliphatic carbocycles. The van der Waals surface area contributed by atoms with Gasteiger partial charge in [0, 0.05) is 68.0 Å². The lowest BCUT2D eigenvalue weighted by Crippen LogP contribution is -2.49. The number of benzene rings is 2. The second-order valence-corrected chi connectivity index (χ2v) is 9.87. The molecule has 2 fully saturated rings. The van der Waals surface area contributed by atoms with Crippen LogP contribution in [0.15, 0.2) is 73.1 Å². The molecule has 6 nitrogen and oxygen atoms in total. The fourth-order valence-electron chi connectivity index (χ4n) is 5.61. The molecule has 2 aromatic heterocycles. The van der Waals surface area contributed by atoms with Gasteiger partial charge in [0.05, 0.1) is 12.8 Å². The smallest absolute Gasteiger partial charge is 0.139 e. The third kappa shape index (κ3) is 4.78. The summed E-state index contributed by atoms with van der Waals surface area (Å²) in [6, 6.07) is 21.4. The Labute approximate surface area is 213 Å². The van der Waals surface area contributed by atoms with Crippen LogP contribution in [0.25, 0.3) is 16.9 Å². The zero-order chi connectivity index (χ0) is 24.3. The van der Waals surface area contributed by atoms with Crippen molar-refractivity contribution in [1.82, 2.24) is 14.3 Å². The second-order valence-electron chi connectivity index (χ2n) is 9.87. The van der Waals surface area contributed by atoms with Crippen molar-refractivity contribution in [2.45, 2.75) is 38.3 Å². The minimum absolute atomic E-state index is 0.491. The van der Waals surface area contributed by atoms with Crippen LogP contribution in [-0.4, -0.2) is 53.6 Å². The summed E-state index contributed by atoms with van der Waals surface area (Å²) in [6.07, 6.45) is 9.76. The van der Waals surface area contributed by atoms with E-state index in [0.717, 1.165) is 66.2 Å². The quantitative estimate of drug-likeness (QED) is 0.340. The van der Waals surface area contributed by atoms with E-state index in [2.05, 4.69) is 50.9 Å². The van der Waals surface area contributed by atoms with Gasteiger partial charge in [0.1, 0.15) is 23.8 Å². The highest BCUT2D eigenvalue weighted by Crippen LogP contribution is 2.34. The van der Waals surface area contributed by atoms with Gasteiger partial charge in [-0.05, 0) is 36.6 Å². The van der Waals surface area contributed by atoms with Gasteiger partial charge < -0.3 is 18.8 Å². The Bertz CT molecular complexity index is 1310. The Morgan fingerprint density at radius 2 is 1.72 bits per heavy atom. The van der Waals surface area contributed by atoms with E-state index in [0.29, 0.717) is 6.61 Å². The van der Waals surface area contributed by atoms with E-state index >= 15 is 0 Å². The number of hydrogen-bond acceptors (Lipinski definition) is 5. The van der Waals surface area contributed by atoms with E-state index in [9.17, 15) is 0 Å². The second kappa shape index (κ2) is 10.2. The lowest BCUT2D eigenvalue weighted by Gasteiger charge is -2.39. The molecule has 0 N–H and O–H groups in total. The van der Waals surface area contributed by atoms with Gasteiger partial charge in [-0.1, -0.05) is 43.2 Å². The summed E-state index contributed by atoms with van der Waals surface area (Å²) in [4.78, 5) is 10.2. The average molecular weight is 483 g/mol. The number of ether oxygens (including phenoxy) is 2. The fourth-order valence-corrected chi connectivity index (χ4v) is 5.61. The molecule has 1 saturated carbocycles. The lowest BCUT2D eigenvalue weighted by atomic mass is 10.1. The molecule has 0 amide bonds. The summed E-state index contributed by atoms with van der Waals surface area (Å²) in [6.45, 7) is 4.96. The zero-order valence-corrected chi connectivity index (χ0v) is 21.0. The minimum Gasteiger partial charge on any atom is -0.497 e. The van der Waals surface area contributed by atoms with Crippen molar-refractivity contribution in [2.75, 3.05) is 38.2 Å². The highest BCUT2D eigenvalue weighted by atomic mass is 16.5. The molecule has 0 unspecified atom stereocenters. The SMILES string of the molecule is COc1ccc(-c2cn3ccc(N4CCN(C5CCCC5)CC4)cc3n2)c(OCc2ccccc2)c1. The molecule has 0 radical (unpaired) electrons. The maximum atomic E-state index is 6.25. The van der Waals surface area contributed by atoms with Crippen molar-refractivity contribution in [1.29, 1.82) is 0 Å². The van der Waals surface area contributed by atoms with E-state index < -0.39 is 0 Å². The Hall–Kier alpha value is -3.51. The monoisotopic (exact) mass is 482 g/mol. The fraction of sp³-hybridized carbons (Fsp3) is 0.367. The summed E-state index contributed by atoms with van der Waals surface area (Å²) in [5.41, 5.74) is 5.18. The highest BCUT2D eigenvalue weighted by Gasteiger charge is 2.26. The average Bonchev–Trinajstić information content (AvgIpc) is 3.62. The first-order valence-corrected chi connectivity index (χ1v) is 13.1. The number of anilines is 1. The maximum Gasteiger partial charge on any atom is 0.139 e. The number of imidazole rings is 1. The van der Waals surface area contributed by atoms with Crippen molar-refractivity contribution >= 4 is 11.3 Å². The number of fused-ring (bicyclic) bond motifs is 1. The molecule has 0 spiro atoms. The van der Waals surface area contributed by atoms with Gasteiger partial charge in [0.15, 0.2) is 0 Å². The topological polar surface area (TPSA) is 42.2 Å². The predicted molar refractivity (Wildman–Crippen MR) is 144 cm³/mol. The number of pyridine rings is 1. The molecule has 4 aromatic rings. The Morgan fingerprint density at radius 3 is 2.50 bits per heavy atom. The van der Waals surface area contributed by atoms with Gasteiger partial charge in [-0.15, -0.1) is 0 Å². The van der Waals surface area contributed by atoms with Crippen LogP contribution in [0.3, 0.4) is 0 Å². The minimum atomic E-state index is 0.491. The maximum absolute atomic E-state index is 6.25. The molecule has 36 heavy (non-hydrogen) atoms. The Morgan fingerprint density at radius 1 is 0.917 bits per heavy atom. The van der Waals surface area contributed by atoms with E-state index in [1.165, 1.54) is 31.4 Å². The molecule has 0 bridgehead atoms. The first-order valence-electron chi connectivity index (χ1n) is 13.1. The molecular formula is C30H34N4O2. The summed E-state index contributed by atoms with van der Waals surface area (Å²) in [5, 5.41) is 0. The van der Waals surface area contributed by atoms with Crippen LogP contribution >= 0.6 is 0 Å². The van der Waals surface area contributed by atoms with Gasteiger partial charge in [-0.2, -0.15) is 0 Å². The van der Waals surface area contributed by atoms with Crippen LogP contribution in [0.4, 0.5) is 5.69 Å². The van der Waals surface area contributed by atoms with Crippen LogP contribution in [-0.2, 0) is 6.61 Å². The number of rotatable bonds is 7. The van der Waals surface area contributed by atoms with E-state index in [1.54, 1.807) is 7.11 Å². The normalized spacial score (nSPS) is 17.1. The standard InChI is InChI=1S/C30H34N4O2/c1-35-26-11-12-27(29(20-26)36-22-23-7-3-2-4-8-23)28-21-34-14-13-25(19-30(34)31-28)33-17-15-32(16-18-33)24-9-5-6-10-24/h2-4,7-8,11-14,19-21,24H,5-6,9-10,15-18,22H2,1H3. The van der Waals surface area contributed by atoms with Crippen LogP contribution in [0.2, 0.25) is 0 Å². The number of methoxy groups -OCH3 is 1. The molecule has 186 valence electrons. The van der Waals surface area contributed by atoms with Crippen molar-refractivity contribution < 1.29 is 9.47 Å². The third-order valence-corrected chi connectivity index (χ3v) is 7.67. The molecule has 2 aromatic carbocycles. The first kappa shape index (κ1) is 22.9. The van der Waals surface area contributed by atoms with Gasteiger partial charge in [0.2, 0.25) is 0 Å². The zero-order valence-electron chi connectivity index (χ0n) is 21.0. The summed E-state index contributed by atoms with van der Waals surface area (Å²) < 4.78 is 13.8. The summed E-state index contributed by atoms with van der Waals surface area (Å²) in [5.74, 6) is 1.54. The predicted octanol–water partition coefficient (Wildman–Crippen LogP) is 5.65. The van der Waals surface area contributed by atoms with Crippen molar-refractivity contribution in [3.63, 3.8) is 0 Å². The largest absolute Gasteiger partial charge is 0.497 e. The summed E-state index contributed by atoms with van der Waals surface area (Å²) in [7, 11) is 1.68. The van der Waals surface area contributed by atoms with Crippen molar-refractivity contribution in [2.24, 2.45) is 0 Å². The van der Waals surface area contributed by atoms with Crippen LogP contribution in [0.1, 0.15) is 31.2 Å². The molecular weight excluding hydrogens is 448 g/mol. The molecule has 6 rings (SSSR count). The van der Waals surface area contributed by atoms with E-state index in [1.807, 2.05) is 36.4 Å². The van der Waals surface area contributed by atoms with Crippen LogP contribution < -0.4 is 14.4 Å². The van der Waals surface area contributed by atoms with E-state index in [-0.39, 0.29) is 0 Å². The lowest BCUT2D eigenvalue weighted by molar-refractivity contribution is 0.187. The Balaban J connectivity index is 1.22. The Kier molecular flexibility index (Phi) is 6.51. The van der Waals surface area contributed by atoms with Crippen molar-refractivity contribution in [3.05, 3.63) is 78.6 Å². The number of nitrogens with zero attached hydrogens (tertiary/aromatic N) is 4. The first-order chi connectivity index (χ1) is 17.8. The van der Waals surface area contributed by atoms with Crippen molar-refractivity contribution in [3.8, 4) is 22.8 Å². The van der Waals surface area contributed by atoms with Gasteiger partial charge in [-0.3, -0.25) is 4.90 Å². The molecule has 1 aliphatic heterocycles. The molecule has 1 saturated heterocycles. The molecule has 0 atom stereocenters. The van der Waals surface area contributed by atoms with Gasteiger partial charge in [-0.25, -0.2) is 4.98 Å². The van der Waals surface area contributed by atoms with E-state index in [4.69, 9.17) is 14.5 Å². The number of piperazine rings is 1. The molecule has 6 heteroatoms. The highest BCUT2D eigenvalue weighted by molar-refractivity contribution is 5.71. The third-order valence-electron chi connectivity index (χ3n) is 7.67.